The molecule has 1 aliphatic carbocycles. The number of hydrogen-bond acceptors (Lipinski definition) is 6. The second-order valence-electron chi connectivity index (χ2n) is 7.15. The highest BCUT2D eigenvalue weighted by molar-refractivity contribution is 6.46. The van der Waals surface area contributed by atoms with Crippen LogP contribution in [-0.2, 0) is 14.2 Å². The Morgan fingerprint density at radius 3 is 2.85 bits per heavy atom. The predicted molar refractivity (Wildman–Crippen MR) is 96.0 cm³/mol. The monoisotopic (exact) mass is 363 g/mol. The maximum atomic E-state index is 12.2. The van der Waals surface area contributed by atoms with E-state index < -0.39 is 24.9 Å². The largest absolute Gasteiger partial charge is 0.546 e. The van der Waals surface area contributed by atoms with Crippen molar-refractivity contribution >= 4 is 19.0 Å². The first-order chi connectivity index (χ1) is 12.5. The number of carboxylic acids is 1. The van der Waals surface area contributed by atoms with E-state index in [0.29, 0.717) is 25.1 Å². The van der Waals surface area contributed by atoms with E-state index in [1.165, 1.54) is 0 Å². The van der Waals surface area contributed by atoms with E-state index in [2.05, 4.69) is 15.5 Å². The number of rotatable bonds is 5. The number of allylic oxidation sites excluding steroid dienone is 2. The Balaban J connectivity index is 1.57. The van der Waals surface area contributed by atoms with Gasteiger partial charge >= 0.3 is 13.1 Å². The summed E-state index contributed by atoms with van der Waals surface area (Å²) in [6.07, 6.45) is 4.40. The summed E-state index contributed by atoms with van der Waals surface area (Å²) in [6, 6.07) is 0. The number of nitrogens with one attached hydrogen (secondary N) is 2. The molecule has 3 aliphatic rings. The van der Waals surface area contributed by atoms with Crippen LogP contribution >= 0.6 is 0 Å². The summed E-state index contributed by atoms with van der Waals surface area (Å²) in [4.78, 5) is 26.0. The van der Waals surface area contributed by atoms with E-state index in [-0.39, 0.29) is 11.8 Å². The number of amides is 1. The Morgan fingerprint density at radius 1 is 1.42 bits per heavy atom. The van der Waals surface area contributed by atoms with Gasteiger partial charge in [0.25, 0.3) is 0 Å². The van der Waals surface area contributed by atoms with Crippen LogP contribution in [0, 0.1) is 11.8 Å². The number of nitrogens with zero attached hydrogens (tertiary/aromatic N) is 1. The molecule has 2 heterocycles. The molecule has 2 aliphatic heterocycles. The van der Waals surface area contributed by atoms with Crippen molar-refractivity contribution in [3.8, 4) is 0 Å². The van der Waals surface area contributed by atoms with Crippen molar-refractivity contribution in [2.24, 2.45) is 11.8 Å². The second kappa shape index (κ2) is 8.24. The molecule has 3 rings (SSSR count). The summed E-state index contributed by atoms with van der Waals surface area (Å²) < 4.78 is 5.51. The van der Waals surface area contributed by atoms with Crippen molar-refractivity contribution in [3.05, 3.63) is 23.5 Å². The Kier molecular flexibility index (Phi) is 6.00. The summed E-state index contributed by atoms with van der Waals surface area (Å²) in [6.45, 7) is 6.21. The zero-order valence-corrected chi connectivity index (χ0v) is 15.0. The number of carbonyl (C=O) groups is 2. The minimum atomic E-state index is -1.24. The van der Waals surface area contributed by atoms with Crippen LogP contribution in [0.1, 0.15) is 19.8 Å². The molecule has 0 radical (unpaired) electrons. The van der Waals surface area contributed by atoms with Crippen molar-refractivity contribution in [1.82, 2.24) is 15.5 Å². The molecule has 0 saturated carbocycles. The van der Waals surface area contributed by atoms with Crippen LogP contribution in [0.3, 0.4) is 0 Å². The standard InChI is InChI=1S/C17H26BN3O5/c1-11-2-3-12-10-13(18(25)26-16(12)15(11)17(23)24)20-14(22)4-7-21-8-5-19-6-9-21/h2-3,11,13,15,19,25H,4-10H2,1H3,(H,20,22)(H,23,24)/t11?,13-,15?/m0/s1. The van der Waals surface area contributed by atoms with Crippen LogP contribution in [0.15, 0.2) is 23.5 Å². The van der Waals surface area contributed by atoms with Crippen LogP contribution in [-0.4, -0.2) is 72.7 Å². The lowest BCUT2D eigenvalue weighted by molar-refractivity contribution is -0.142. The van der Waals surface area contributed by atoms with Gasteiger partial charge in [-0.25, -0.2) is 0 Å². The molecule has 0 spiro atoms. The summed E-state index contributed by atoms with van der Waals surface area (Å²) in [5.74, 6) is -2.37. The SMILES string of the molecule is CC1C=CC2=C(OB(O)[C@@H](NC(=O)CCN3CCNCC3)C2)C1C(=O)O. The molecule has 0 aromatic heterocycles. The zero-order chi connectivity index (χ0) is 18.7. The van der Waals surface area contributed by atoms with E-state index in [0.717, 1.165) is 31.8 Å². The van der Waals surface area contributed by atoms with Crippen LogP contribution in [0.25, 0.3) is 0 Å². The first-order valence-corrected chi connectivity index (χ1v) is 9.17. The normalized spacial score (nSPS) is 29.2. The Morgan fingerprint density at radius 2 is 2.15 bits per heavy atom. The fourth-order valence-corrected chi connectivity index (χ4v) is 3.70. The number of carboxylic acid groups (broad SMARTS) is 1. The molecule has 3 atom stereocenters. The third kappa shape index (κ3) is 4.28. The second-order valence-corrected chi connectivity index (χ2v) is 7.15. The van der Waals surface area contributed by atoms with Crippen molar-refractivity contribution in [2.75, 3.05) is 32.7 Å². The highest BCUT2D eigenvalue weighted by Crippen LogP contribution is 2.36. The molecular formula is C17H26BN3O5. The van der Waals surface area contributed by atoms with E-state index in [4.69, 9.17) is 4.65 Å². The first-order valence-electron chi connectivity index (χ1n) is 9.17. The fraction of sp³-hybridized carbons (Fsp3) is 0.647. The fourth-order valence-electron chi connectivity index (χ4n) is 3.70. The smallest absolute Gasteiger partial charge is 0.537 e. The van der Waals surface area contributed by atoms with Gasteiger partial charge in [-0.3, -0.25) is 9.59 Å². The third-order valence-electron chi connectivity index (χ3n) is 5.23. The zero-order valence-electron chi connectivity index (χ0n) is 15.0. The van der Waals surface area contributed by atoms with E-state index >= 15 is 0 Å². The van der Waals surface area contributed by atoms with Crippen LogP contribution in [0.2, 0.25) is 0 Å². The maximum Gasteiger partial charge on any atom is 0.546 e. The van der Waals surface area contributed by atoms with Gasteiger partial charge in [0, 0.05) is 39.1 Å². The molecule has 0 aromatic carbocycles. The summed E-state index contributed by atoms with van der Waals surface area (Å²) in [5, 5.41) is 25.8. The third-order valence-corrected chi connectivity index (χ3v) is 5.23. The highest BCUT2D eigenvalue weighted by atomic mass is 16.5. The van der Waals surface area contributed by atoms with Crippen molar-refractivity contribution < 1.29 is 24.4 Å². The van der Waals surface area contributed by atoms with Gasteiger partial charge in [-0.1, -0.05) is 19.1 Å². The summed E-state index contributed by atoms with van der Waals surface area (Å²) in [7, 11) is -1.24. The van der Waals surface area contributed by atoms with Crippen LogP contribution < -0.4 is 10.6 Å². The van der Waals surface area contributed by atoms with E-state index in [1.54, 1.807) is 6.92 Å². The molecule has 0 bridgehead atoms. The Labute approximate surface area is 153 Å². The minimum absolute atomic E-state index is 0.136. The molecule has 8 nitrogen and oxygen atoms in total. The molecule has 26 heavy (non-hydrogen) atoms. The number of aliphatic carboxylic acids is 1. The first kappa shape index (κ1) is 18.9. The number of hydrogen-bond donors (Lipinski definition) is 4. The van der Waals surface area contributed by atoms with Crippen molar-refractivity contribution in [3.63, 3.8) is 0 Å². The van der Waals surface area contributed by atoms with Crippen LogP contribution in [0.4, 0.5) is 0 Å². The van der Waals surface area contributed by atoms with Gasteiger partial charge in [0.2, 0.25) is 5.91 Å². The average Bonchev–Trinajstić information content (AvgIpc) is 2.61. The van der Waals surface area contributed by atoms with Gasteiger partial charge in [-0.15, -0.1) is 0 Å². The van der Waals surface area contributed by atoms with Gasteiger partial charge < -0.3 is 30.3 Å². The van der Waals surface area contributed by atoms with Crippen molar-refractivity contribution in [2.45, 2.75) is 25.7 Å². The lowest BCUT2D eigenvalue weighted by atomic mass is 9.69. The Bertz CT molecular complexity index is 618. The molecule has 1 fully saturated rings. The molecule has 1 saturated heterocycles. The molecule has 4 N–H and O–H groups in total. The molecule has 9 heteroatoms. The van der Waals surface area contributed by atoms with Gasteiger partial charge in [0.1, 0.15) is 5.92 Å². The van der Waals surface area contributed by atoms with Gasteiger partial charge in [-0.2, -0.15) is 0 Å². The molecule has 142 valence electrons. The molecule has 2 unspecified atom stereocenters. The molecule has 0 aromatic rings. The van der Waals surface area contributed by atoms with Gasteiger partial charge in [-0.05, 0) is 17.9 Å². The summed E-state index contributed by atoms with van der Waals surface area (Å²) >= 11 is 0. The highest BCUT2D eigenvalue weighted by Gasteiger charge is 2.43. The predicted octanol–water partition coefficient (Wildman–Crippen LogP) is -0.633. The number of carbonyl (C=O) groups excluding carboxylic acids is 1. The minimum Gasteiger partial charge on any atom is -0.537 e. The van der Waals surface area contributed by atoms with Crippen molar-refractivity contribution in [1.29, 1.82) is 0 Å². The molecule has 1 amide bonds. The van der Waals surface area contributed by atoms with E-state index in [9.17, 15) is 19.7 Å². The average molecular weight is 363 g/mol. The summed E-state index contributed by atoms with van der Waals surface area (Å²) in [5.41, 5.74) is 0.730. The molecular weight excluding hydrogens is 337 g/mol. The van der Waals surface area contributed by atoms with Gasteiger partial charge in [0.05, 0.1) is 11.7 Å². The van der Waals surface area contributed by atoms with Gasteiger partial charge in [0.15, 0.2) is 0 Å². The quantitative estimate of drug-likeness (QED) is 0.481. The lowest BCUT2D eigenvalue weighted by Gasteiger charge is -2.35. The van der Waals surface area contributed by atoms with E-state index in [1.807, 2.05) is 12.2 Å². The topological polar surface area (TPSA) is 111 Å². The Hall–Kier alpha value is -1.84. The number of piperazine rings is 1. The van der Waals surface area contributed by atoms with Crippen LogP contribution in [0.5, 0.6) is 0 Å². The lowest BCUT2D eigenvalue weighted by Crippen LogP contribution is -2.52. The maximum absolute atomic E-state index is 12.2.